The molecule has 0 aromatic rings. The summed E-state index contributed by atoms with van der Waals surface area (Å²) >= 11 is 0. The Morgan fingerprint density at radius 3 is 2.65 bits per heavy atom. The van der Waals surface area contributed by atoms with Crippen LogP contribution in [-0.2, 0) is 9.59 Å². The molecule has 1 rings (SSSR count). The van der Waals surface area contributed by atoms with Crippen LogP contribution in [0.15, 0.2) is 0 Å². The predicted octanol–water partition coefficient (Wildman–Crippen LogP) is 1.87. The number of hydrogen-bond donors (Lipinski definition) is 2. The zero-order valence-electron chi connectivity index (χ0n) is 12.9. The number of carbonyl (C=O) groups is 2. The summed E-state index contributed by atoms with van der Waals surface area (Å²) < 4.78 is 0. The maximum Gasteiger partial charge on any atom is 0.310 e. The van der Waals surface area contributed by atoms with Crippen molar-refractivity contribution in [2.24, 2.45) is 5.41 Å². The highest BCUT2D eigenvalue weighted by Gasteiger charge is 2.41. The number of carbonyl (C=O) groups excluding carboxylic acids is 1. The fraction of sp³-hybridized carbons (Fsp3) is 0.867. The van der Waals surface area contributed by atoms with E-state index in [1.807, 2.05) is 25.7 Å². The topological polar surface area (TPSA) is 69.6 Å². The van der Waals surface area contributed by atoms with Gasteiger partial charge in [0, 0.05) is 12.6 Å². The molecule has 0 bridgehead atoms. The molecule has 0 spiro atoms. The van der Waals surface area contributed by atoms with E-state index in [1.165, 1.54) is 0 Å². The average Bonchev–Trinajstić information content (AvgIpc) is 2.38. The van der Waals surface area contributed by atoms with E-state index < -0.39 is 11.4 Å². The SMILES string of the molecule is CCCC1(C(=O)O)CCCN(CC(=O)NC(C)CC)C1. The Hall–Kier alpha value is -1.10. The third-order valence-electron chi connectivity index (χ3n) is 4.23. The summed E-state index contributed by atoms with van der Waals surface area (Å²) in [4.78, 5) is 25.5. The van der Waals surface area contributed by atoms with Gasteiger partial charge in [0.1, 0.15) is 0 Å². The molecule has 1 heterocycles. The molecule has 0 saturated carbocycles. The first-order valence-electron chi connectivity index (χ1n) is 7.68. The van der Waals surface area contributed by atoms with Gasteiger partial charge in [0.2, 0.25) is 5.91 Å². The molecule has 1 aliphatic rings. The average molecular weight is 284 g/mol. The smallest absolute Gasteiger partial charge is 0.310 e. The van der Waals surface area contributed by atoms with Gasteiger partial charge in [-0.2, -0.15) is 0 Å². The Balaban J connectivity index is 2.59. The molecule has 0 aliphatic carbocycles. The van der Waals surface area contributed by atoms with Gasteiger partial charge >= 0.3 is 5.97 Å². The van der Waals surface area contributed by atoms with E-state index in [1.54, 1.807) is 0 Å². The molecule has 1 aliphatic heterocycles. The van der Waals surface area contributed by atoms with Gasteiger partial charge < -0.3 is 10.4 Å². The lowest BCUT2D eigenvalue weighted by molar-refractivity contribution is -0.154. The van der Waals surface area contributed by atoms with Crippen LogP contribution >= 0.6 is 0 Å². The van der Waals surface area contributed by atoms with Gasteiger partial charge in [-0.3, -0.25) is 14.5 Å². The first-order valence-corrected chi connectivity index (χ1v) is 7.68. The highest BCUT2D eigenvalue weighted by atomic mass is 16.4. The van der Waals surface area contributed by atoms with Gasteiger partial charge in [0.05, 0.1) is 12.0 Å². The lowest BCUT2D eigenvalue weighted by atomic mass is 9.76. The Morgan fingerprint density at radius 1 is 1.40 bits per heavy atom. The summed E-state index contributed by atoms with van der Waals surface area (Å²) in [7, 11) is 0. The van der Waals surface area contributed by atoms with Crippen LogP contribution in [0.1, 0.15) is 52.9 Å². The van der Waals surface area contributed by atoms with Gasteiger partial charge in [-0.1, -0.05) is 20.3 Å². The Labute approximate surface area is 121 Å². The first kappa shape index (κ1) is 17.0. The van der Waals surface area contributed by atoms with E-state index in [0.717, 1.165) is 32.2 Å². The summed E-state index contributed by atoms with van der Waals surface area (Å²) in [6.07, 6.45) is 4.02. The van der Waals surface area contributed by atoms with Crippen molar-refractivity contribution in [1.29, 1.82) is 0 Å². The fourth-order valence-corrected chi connectivity index (χ4v) is 2.95. The van der Waals surface area contributed by atoms with Gasteiger partial charge in [0.25, 0.3) is 0 Å². The van der Waals surface area contributed by atoms with Crippen LogP contribution in [0.2, 0.25) is 0 Å². The van der Waals surface area contributed by atoms with Crippen LogP contribution in [0.5, 0.6) is 0 Å². The van der Waals surface area contributed by atoms with Crippen molar-refractivity contribution in [3.63, 3.8) is 0 Å². The van der Waals surface area contributed by atoms with Crippen molar-refractivity contribution in [3.05, 3.63) is 0 Å². The minimum absolute atomic E-state index is 0.00274. The third kappa shape index (κ3) is 4.47. The van der Waals surface area contributed by atoms with Crippen LogP contribution in [0.3, 0.4) is 0 Å². The van der Waals surface area contributed by atoms with E-state index in [-0.39, 0.29) is 11.9 Å². The molecule has 0 aromatic heterocycles. The number of piperidine rings is 1. The highest BCUT2D eigenvalue weighted by molar-refractivity contribution is 5.79. The number of carboxylic acids is 1. The molecular formula is C15H28N2O3. The number of rotatable bonds is 7. The Morgan fingerprint density at radius 2 is 2.10 bits per heavy atom. The summed E-state index contributed by atoms with van der Waals surface area (Å²) in [6, 6.07) is 0.173. The van der Waals surface area contributed by atoms with Crippen molar-refractivity contribution in [1.82, 2.24) is 10.2 Å². The molecule has 5 nitrogen and oxygen atoms in total. The third-order valence-corrected chi connectivity index (χ3v) is 4.23. The maximum atomic E-state index is 11.9. The molecule has 0 aromatic carbocycles. The van der Waals surface area contributed by atoms with Gasteiger partial charge in [0.15, 0.2) is 0 Å². The first-order chi connectivity index (χ1) is 9.43. The molecule has 1 saturated heterocycles. The van der Waals surface area contributed by atoms with Crippen LogP contribution < -0.4 is 5.32 Å². The monoisotopic (exact) mass is 284 g/mol. The molecule has 2 unspecified atom stereocenters. The molecule has 1 fully saturated rings. The standard InChI is InChI=1S/C15H28N2O3/c1-4-7-15(14(19)20)8-6-9-17(11-15)10-13(18)16-12(3)5-2/h12H,4-11H2,1-3H3,(H,16,18)(H,19,20). The molecule has 0 radical (unpaired) electrons. The normalized spacial score (nSPS) is 25.1. The Kier molecular flexibility index (Phi) is 6.46. The highest BCUT2D eigenvalue weighted by Crippen LogP contribution is 2.34. The van der Waals surface area contributed by atoms with Gasteiger partial charge in [-0.25, -0.2) is 0 Å². The predicted molar refractivity (Wildman–Crippen MR) is 78.5 cm³/mol. The molecular weight excluding hydrogens is 256 g/mol. The molecule has 116 valence electrons. The van der Waals surface area contributed by atoms with Crippen molar-refractivity contribution in [2.75, 3.05) is 19.6 Å². The number of nitrogens with zero attached hydrogens (tertiary/aromatic N) is 1. The van der Waals surface area contributed by atoms with Crippen molar-refractivity contribution < 1.29 is 14.7 Å². The second-order valence-corrected chi connectivity index (χ2v) is 6.03. The number of nitrogens with one attached hydrogen (secondary N) is 1. The maximum absolute atomic E-state index is 11.9. The summed E-state index contributed by atoms with van der Waals surface area (Å²) in [5.74, 6) is -0.719. The van der Waals surface area contributed by atoms with Crippen molar-refractivity contribution in [3.8, 4) is 0 Å². The largest absolute Gasteiger partial charge is 0.481 e. The van der Waals surface area contributed by atoms with Gasteiger partial charge in [-0.15, -0.1) is 0 Å². The molecule has 5 heteroatoms. The molecule has 20 heavy (non-hydrogen) atoms. The molecule has 1 amide bonds. The van der Waals surface area contributed by atoms with Crippen LogP contribution in [0.4, 0.5) is 0 Å². The van der Waals surface area contributed by atoms with E-state index in [0.29, 0.717) is 19.5 Å². The van der Waals surface area contributed by atoms with E-state index in [2.05, 4.69) is 5.32 Å². The van der Waals surface area contributed by atoms with Crippen LogP contribution in [-0.4, -0.2) is 47.6 Å². The van der Waals surface area contributed by atoms with E-state index in [9.17, 15) is 14.7 Å². The summed E-state index contributed by atoms with van der Waals surface area (Å²) in [5, 5.41) is 12.5. The second kappa shape index (κ2) is 7.62. The van der Waals surface area contributed by atoms with Gasteiger partial charge in [-0.05, 0) is 39.2 Å². The van der Waals surface area contributed by atoms with Crippen LogP contribution in [0.25, 0.3) is 0 Å². The number of likely N-dealkylation sites (tertiary alicyclic amines) is 1. The molecule has 2 N–H and O–H groups in total. The minimum Gasteiger partial charge on any atom is -0.481 e. The number of aliphatic carboxylic acids is 1. The lowest BCUT2D eigenvalue weighted by Crippen LogP contribution is -2.51. The molecule has 2 atom stereocenters. The quantitative estimate of drug-likeness (QED) is 0.749. The Bertz CT molecular complexity index is 342. The van der Waals surface area contributed by atoms with E-state index >= 15 is 0 Å². The van der Waals surface area contributed by atoms with Crippen molar-refractivity contribution in [2.45, 2.75) is 58.9 Å². The number of hydrogen-bond acceptors (Lipinski definition) is 3. The second-order valence-electron chi connectivity index (χ2n) is 6.03. The lowest BCUT2D eigenvalue weighted by Gasteiger charge is -2.39. The fourth-order valence-electron chi connectivity index (χ4n) is 2.95. The number of amides is 1. The van der Waals surface area contributed by atoms with E-state index in [4.69, 9.17) is 0 Å². The number of carboxylic acid groups (broad SMARTS) is 1. The summed E-state index contributed by atoms with van der Waals surface area (Å²) in [5.41, 5.74) is -0.663. The van der Waals surface area contributed by atoms with Crippen LogP contribution in [0, 0.1) is 5.41 Å². The minimum atomic E-state index is -0.716. The van der Waals surface area contributed by atoms with Crippen molar-refractivity contribution >= 4 is 11.9 Å². The zero-order valence-corrected chi connectivity index (χ0v) is 12.9. The zero-order chi connectivity index (χ0) is 15.2. The summed E-state index contributed by atoms with van der Waals surface area (Å²) in [6.45, 7) is 7.63.